The Hall–Kier alpha value is -2.38. The Bertz CT molecular complexity index is 785. The predicted octanol–water partition coefficient (Wildman–Crippen LogP) is 3.21. The summed E-state index contributed by atoms with van der Waals surface area (Å²) in [5.41, 5.74) is 0.546. The Morgan fingerprint density at radius 1 is 1.12 bits per heavy atom. The summed E-state index contributed by atoms with van der Waals surface area (Å²) in [6.45, 7) is 0.378. The van der Waals surface area contributed by atoms with Crippen LogP contribution in [0.2, 0.25) is 0 Å². The number of imide groups is 1. The highest BCUT2D eigenvalue weighted by molar-refractivity contribution is 8.18. The second kappa shape index (κ2) is 7.46. The molecular weight excluding hydrogens is 344 g/mol. The lowest BCUT2D eigenvalue weighted by Gasteiger charge is -2.12. The Kier molecular flexibility index (Phi) is 5.12. The summed E-state index contributed by atoms with van der Waals surface area (Å²) < 4.78 is 0. The summed E-state index contributed by atoms with van der Waals surface area (Å²) in [4.78, 5) is 38.7. The van der Waals surface area contributed by atoms with E-state index in [0.29, 0.717) is 10.5 Å². The zero-order valence-corrected chi connectivity index (χ0v) is 14.2. The smallest absolute Gasteiger partial charge is 0.293 e. The van der Waals surface area contributed by atoms with E-state index < -0.39 is 0 Å². The predicted molar refractivity (Wildman–Crippen MR) is 95.8 cm³/mol. The summed E-state index contributed by atoms with van der Waals surface area (Å²) in [7, 11) is 0. The first-order chi connectivity index (χ1) is 11.6. The zero-order valence-electron chi connectivity index (χ0n) is 12.6. The molecule has 0 aliphatic carbocycles. The molecule has 1 aromatic carbocycles. The molecule has 0 atom stereocenters. The highest BCUT2D eigenvalue weighted by atomic mass is 32.2. The average Bonchev–Trinajstić information content (AvgIpc) is 3.19. The molecule has 1 aliphatic rings. The molecule has 1 fully saturated rings. The Morgan fingerprint density at radius 3 is 2.62 bits per heavy atom. The molecule has 122 valence electrons. The van der Waals surface area contributed by atoms with Gasteiger partial charge in [-0.3, -0.25) is 19.3 Å². The maximum absolute atomic E-state index is 12.3. The largest absolute Gasteiger partial charge is 0.350 e. The van der Waals surface area contributed by atoms with Crippen molar-refractivity contribution in [2.45, 2.75) is 0 Å². The van der Waals surface area contributed by atoms with Gasteiger partial charge >= 0.3 is 0 Å². The first-order valence-electron chi connectivity index (χ1n) is 7.27. The third-order valence-corrected chi connectivity index (χ3v) is 5.07. The number of nitrogens with one attached hydrogen (secondary N) is 1. The number of rotatable bonds is 5. The third-order valence-electron chi connectivity index (χ3n) is 3.35. The number of carbonyl (C=O) groups is 3. The van der Waals surface area contributed by atoms with E-state index >= 15 is 0 Å². The maximum Gasteiger partial charge on any atom is 0.293 e. The lowest BCUT2D eigenvalue weighted by Crippen LogP contribution is -2.37. The van der Waals surface area contributed by atoms with Crippen molar-refractivity contribution in [3.05, 3.63) is 63.2 Å². The molecule has 0 saturated carbocycles. The first-order valence-corrected chi connectivity index (χ1v) is 8.97. The molecule has 1 aromatic heterocycles. The van der Waals surface area contributed by atoms with Crippen molar-refractivity contribution in [2.75, 3.05) is 13.1 Å². The molecule has 7 heteroatoms. The van der Waals surface area contributed by atoms with Gasteiger partial charge in [0.05, 0.1) is 4.91 Å². The lowest BCUT2D eigenvalue weighted by atomic mass is 10.2. The monoisotopic (exact) mass is 358 g/mol. The number of hydrogen-bond donors (Lipinski definition) is 1. The van der Waals surface area contributed by atoms with E-state index in [1.54, 1.807) is 30.3 Å². The number of carbonyl (C=O) groups excluding carboxylic acids is 3. The normalized spacial score (nSPS) is 16.0. The molecule has 0 radical (unpaired) electrons. The van der Waals surface area contributed by atoms with Crippen LogP contribution >= 0.6 is 23.1 Å². The summed E-state index contributed by atoms with van der Waals surface area (Å²) in [6.07, 6.45) is 1.72. The van der Waals surface area contributed by atoms with Crippen LogP contribution in [0.4, 0.5) is 4.79 Å². The fourth-order valence-electron chi connectivity index (χ4n) is 2.17. The fourth-order valence-corrected chi connectivity index (χ4v) is 3.76. The van der Waals surface area contributed by atoms with Crippen molar-refractivity contribution in [1.82, 2.24) is 10.2 Å². The van der Waals surface area contributed by atoms with Crippen LogP contribution in [-0.2, 0) is 4.79 Å². The van der Waals surface area contributed by atoms with E-state index in [0.717, 1.165) is 21.5 Å². The van der Waals surface area contributed by atoms with Gasteiger partial charge in [-0.1, -0.05) is 24.3 Å². The fraction of sp³-hybridized carbons (Fsp3) is 0.118. The standard InChI is InChI=1S/C17H14N2O3S2/c20-15(12-5-2-1-3-6-12)18-8-9-19-16(21)14(24-17(19)22)11-13-7-4-10-23-13/h1-7,10-11H,8-9H2,(H,18,20). The van der Waals surface area contributed by atoms with Gasteiger partial charge in [0.2, 0.25) is 0 Å². The van der Waals surface area contributed by atoms with E-state index in [4.69, 9.17) is 0 Å². The van der Waals surface area contributed by atoms with Gasteiger partial charge in [-0.2, -0.15) is 0 Å². The van der Waals surface area contributed by atoms with Crippen LogP contribution in [-0.4, -0.2) is 35.0 Å². The quantitative estimate of drug-likeness (QED) is 0.834. The summed E-state index contributed by atoms with van der Waals surface area (Å²) in [5, 5.41) is 4.32. The number of benzene rings is 1. The molecule has 2 heterocycles. The molecule has 1 N–H and O–H groups in total. The van der Waals surface area contributed by atoms with Crippen LogP contribution in [0.1, 0.15) is 15.2 Å². The van der Waals surface area contributed by atoms with Crippen LogP contribution in [0.15, 0.2) is 52.7 Å². The average molecular weight is 358 g/mol. The molecule has 3 amide bonds. The molecule has 3 rings (SSSR count). The zero-order chi connectivity index (χ0) is 16.9. The van der Waals surface area contributed by atoms with Crippen LogP contribution in [0.3, 0.4) is 0 Å². The van der Waals surface area contributed by atoms with Crippen LogP contribution in [0, 0.1) is 0 Å². The van der Waals surface area contributed by atoms with Gasteiger partial charge in [0, 0.05) is 23.5 Å². The van der Waals surface area contributed by atoms with Gasteiger partial charge in [0.15, 0.2) is 0 Å². The van der Waals surface area contributed by atoms with Crippen molar-refractivity contribution >= 4 is 46.2 Å². The van der Waals surface area contributed by atoms with Crippen molar-refractivity contribution in [3.8, 4) is 0 Å². The van der Waals surface area contributed by atoms with Crippen molar-refractivity contribution < 1.29 is 14.4 Å². The third kappa shape index (κ3) is 3.74. The second-order valence-electron chi connectivity index (χ2n) is 4.97. The van der Waals surface area contributed by atoms with E-state index in [9.17, 15) is 14.4 Å². The van der Waals surface area contributed by atoms with Gasteiger partial charge < -0.3 is 5.32 Å². The Labute approximate surface area is 147 Å². The molecule has 1 saturated heterocycles. The number of thiophene rings is 1. The van der Waals surface area contributed by atoms with Crippen LogP contribution < -0.4 is 5.32 Å². The Balaban J connectivity index is 1.57. The molecular formula is C17H14N2O3S2. The summed E-state index contributed by atoms with van der Waals surface area (Å²) in [6, 6.07) is 12.6. The molecule has 24 heavy (non-hydrogen) atoms. The molecule has 0 spiro atoms. The number of hydrogen-bond acceptors (Lipinski definition) is 5. The minimum absolute atomic E-state index is 0.158. The number of amides is 3. The van der Waals surface area contributed by atoms with Gasteiger partial charge in [-0.25, -0.2) is 0 Å². The highest BCUT2D eigenvalue weighted by Crippen LogP contribution is 2.32. The topological polar surface area (TPSA) is 66.5 Å². The minimum atomic E-state index is -0.313. The highest BCUT2D eigenvalue weighted by Gasteiger charge is 2.34. The summed E-state index contributed by atoms with van der Waals surface area (Å²) in [5.74, 6) is -0.538. The minimum Gasteiger partial charge on any atom is -0.350 e. The van der Waals surface area contributed by atoms with E-state index in [1.807, 2.05) is 23.6 Å². The molecule has 5 nitrogen and oxygen atoms in total. The van der Waals surface area contributed by atoms with E-state index in [1.165, 1.54) is 11.3 Å². The van der Waals surface area contributed by atoms with Gasteiger partial charge in [0.1, 0.15) is 0 Å². The van der Waals surface area contributed by atoms with Crippen LogP contribution in [0.5, 0.6) is 0 Å². The second-order valence-corrected chi connectivity index (χ2v) is 6.94. The summed E-state index contributed by atoms with van der Waals surface area (Å²) >= 11 is 2.43. The van der Waals surface area contributed by atoms with Crippen LogP contribution in [0.25, 0.3) is 6.08 Å². The number of nitrogens with zero attached hydrogens (tertiary/aromatic N) is 1. The molecule has 2 aromatic rings. The first kappa shape index (κ1) is 16.5. The Morgan fingerprint density at radius 2 is 1.92 bits per heavy atom. The maximum atomic E-state index is 12.3. The van der Waals surface area contributed by atoms with Gasteiger partial charge in [0.25, 0.3) is 17.1 Å². The number of thioether (sulfide) groups is 1. The van der Waals surface area contributed by atoms with Crippen molar-refractivity contribution in [3.63, 3.8) is 0 Å². The van der Waals surface area contributed by atoms with Gasteiger partial charge in [-0.05, 0) is 41.4 Å². The molecule has 1 aliphatic heterocycles. The SMILES string of the molecule is O=C(NCCN1C(=O)SC(=Cc2cccs2)C1=O)c1ccccc1. The van der Waals surface area contributed by atoms with E-state index in [2.05, 4.69) is 5.32 Å². The molecule has 0 bridgehead atoms. The lowest BCUT2D eigenvalue weighted by molar-refractivity contribution is -0.122. The van der Waals surface area contributed by atoms with E-state index in [-0.39, 0.29) is 30.1 Å². The van der Waals surface area contributed by atoms with Gasteiger partial charge in [-0.15, -0.1) is 11.3 Å². The van der Waals surface area contributed by atoms with Crippen molar-refractivity contribution in [2.24, 2.45) is 0 Å². The van der Waals surface area contributed by atoms with Crippen molar-refractivity contribution in [1.29, 1.82) is 0 Å². The molecule has 0 unspecified atom stereocenters.